The first-order chi connectivity index (χ1) is 18.8. The third-order valence-corrected chi connectivity index (χ3v) is 8.83. The molecule has 2 aliphatic heterocycles. The zero-order valence-corrected chi connectivity index (χ0v) is 24.0. The summed E-state index contributed by atoms with van der Waals surface area (Å²) in [5, 5.41) is 3.30. The van der Waals surface area contributed by atoms with Crippen LogP contribution in [0.5, 0.6) is 0 Å². The fourth-order valence-electron chi connectivity index (χ4n) is 5.75. The van der Waals surface area contributed by atoms with Crippen molar-refractivity contribution in [1.29, 1.82) is 0 Å². The van der Waals surface area contributed by atoms with Gasteiger partial charge in [-0.05, 0) is 36.3 Å². The van der Waals surface area contributed by atoms with Crippen molar-refractivity contribution in [1.82, 2.24) is 24.5 Å². The minimum Gasteiger partial charge on any atom is -0.466 e. The van der Waals surface area contributed by atoms with Crippen molar-refractivity contribution < 1.29 is 27.1 Å². The number of sulfonamides is 1. The Kier molecular flexibility index (Phi) is 7.26. The Hall–Kier alpha value is -3.29. The predicted octanol–water partition coefficient (Wildman–Crippen LogP) is 1.91. The molecule has 11 nitrogen and oxygen atoms in total. The zero-order valence-electron chi connectivity index (χ0n) is 22.4. The number of nitrogens with one attached hydrogen (secondary N) is 2. The quantitative estimate of drug-likeness (QED) is 0.466. The van der Waals surface area contributed by atoms with Crippen molar-refractivity contribution in [2.45, 2.75) is 31.8 Å². The number of benzene rings is 1. The molecule has 1 saturated carbocycles. The van der Waals surface area contributed by atoms with Crippen LogP contribution in [0.4, 0.5) is 4.39 Å². The molecular weight excluding hydrogens is 563 g/mol. The van der Waals surface area contributed by atoms with E-state index in [0.29, 0.717) is 41.8 Å². The van der Waals surface area contributed by atoms with Crippen LogP contribution in [0.1, 0.15) is 37.2 Å². The Morgan fingerprint density at radius 3 is 2.62 bits per heavy atom. The summed E-state index contributed by atoms with van der Waals surface area (Å²) in [6.45, 7) is 2.72. The maximum absolute atomic E-state index is 13.9. The lowest BCUT2D eigenvalue weighted by atomic mass is 9.95. The molecule has 1 aromatic heterocycles. The predicted molar refractivity (Wildman–Crippen MR) is 145 cm³/mol. The van der Waals surface area contributed by atoms with Gasteiger partial charge in [0.25, 0.3) is 5.91 Å². The standard InChI is InChI=1S/C26H30ClFN6O5S/c1-14-10-26(14)11-19(24(35)32-40(4,37)38)34(13-26)12-18-20(25(36)39-3)21(16-6-5-15(28)9-17(16)27)31-22(30-18)23-29-7-8-33(23)2/h5-9,14,19,21H,10-13H2,1-4H3,(H,30,31)(H,32,35)/t14-,19?,21-,26?/m0/s1. The van der Waals surface area contributed by atoms with E-state index in [9.17, 15) is 22.4 Å². The smallest absolute Gasteiger partial charge is 0.338 e. The molecule has 0 radical (unpaired) electrons. The van der Waals surface area contributed by atoms with E-state index in [1.165, 1.54) is 19.2 Å². The second-order valence-electron chi connectivity index (χ2n) is 10.7. The van der Waals surface area contributed by atoms with Gasteiger partial charge in [-0.15, -0.1) is 0 Å². The molecule has 0 bridgehead atoms. The highest BCUT2D eigenvalue weighted by Crippen LogP contribution is 2.60. The third-order valence-electron chi connectivity index (χ3n) is 7.93. The number of carbonyl (C=O) groups is 2. The molecular formula is C26H30ClFN6O5S. The summed E-state index contributed by atoms with van der Waals surface area (Å²) in [5.41, 5.74) is 0.805. The minimum absolute atomic E-state index is 0.0768. The Morgan fingerprint density at radius 2 is 2.05 bits per heavy atom. The van der Waals surface area contributed by atoms with Crippen LogP contribution in [0.15, 0.2) is 46.9 Å². The van der Waals surface area contributed by atoms with Crippen LogP contribution in [0.25, 0.3) is 0 Å². The minimum atomic E-state index is -3.78. The number of aliphatic imine (C=N–C) groups is 1. The summed E-state index contributed by atoms with van der Waals surface area (Å²) in [6, 6.07) is 2.14. The Bertz CT molecular complexity index is 1560. The second kappa shape index (κ2) is 10.3. The Morgan fingerprint density at radius 1 is 1.32 bits per heavy atom. The van der Waals surface area contributed by atoms with Crippen LogP contribution in [0, 0.1) is 17.2 Å². The van der Waals surface area contributed by atoms with Crippen molar-refractivity contribution >= 4 is 39.3 Å². The number of methoxy groups -OCH3 is 1. The number of aromatic nitrogens is 2. The van der Waals surface area contributed by atoms with Gasteiger partial charge >= 0.3 is 5.97 Å². The maximum Gasteiger partial charge on any atom is 0.338 e. The number of ether oxygens (including phenoxy) is 1. The van der Waals surface area contributed by atoms with Crippen molar-refractivity contribution in [2.75, 3.05) is 26.5 Å². The highest BCUT2D eigenvalue weighted by Gasteiger charge is 2.59. The van der Waals surface area contributed by atoms with Gasteiger partial charge in [-0.1, -0.05) is 24.6 Å². The highest BCUT2D eigenvalue weighted by atomic mass is 35.5. The first kappa shape index (κ1) is 28.2. The molecule has 2 unspecified atom stereocenters. The molecule has 2 aromatic rings. The summed E-state index contributed by atoms with van der Waals surface area (Å²) in [5.74, 6) is -0.654. The molecule has 3 aliphatic rings. The topological polar surface area (TPSA) is 135 Å². The summed E-state index contributed by atoms with van der Waals surface area (Å²) >= 11 is 6.44. The number of nitrogens with zero attached hydrogens (tertiary/aromatic N) is 4. The van der Waals surface area contributed by atoms with Crippen molar-refractivity contribution in [3.8, 4) is 0 Å². The highest BCUT2D eigenvalue weighted by molar-refractivity contribution is 7.89. The number of likely N-dealkylation sites (tertiary alicyclic amines) is 1. The summed E-state index contributed by atoms with van der Waals surface area (Å²) in [4.78, 5) is 37.4. The van der Waals surface area contributed by atoms with Gasteiger partial charge in [0.15, 0.2) is 11.7 Å². The molecule has 214 valence electrons. The first-order valence-corrected chi connectivity index (χ1v) is 14.9. The van der Waals surface area contributed by atoms with Crippen LogP contribution in [-0.2, 0) is 31.4 Å². The number of amides is 1. The Labute approximate surface area is 236 Å². The number of esters is 1. The summed E-state index contributed by atoms with van der Waals surface area (Å²) in [7, 11) is -0.745. The normalized spacial score (nSPS) is 26.4. The largest absolute Gasteiger partial charge is 0.466 e. The number of halogens is 2. The van der Waals surface area contributed by atoms with Gasteiger partial charge in [0.2, 0.25) is 10.0 Å². The van der Waals surface area contributed by atoms with Gasteiger partial charge in [0.1, 0.15) is 11.9 Å². The molecule has 14 heteroatoms. The molecule has 1 aliphatic carbocycles. The average molecular weight is 593 g/mol. The molecule has 2 fully saturated rings. The molecule has 1 amide bonds. The molecule has 1 aromatic carbocycles. The van der Waals surface area contributed by atoms with Gasteiger partial charge < -0.3 is 14.6 Å². The van der Waals surface area contributed by atoms with Crippen LogP contribution in [0.3, 0.4) is 0 Å². The average Bonchev–Trinajstić information content (AvgIpc) is 3.16. The molecule has 40 heavy (non-hydrogen) atoms. The molecule has 4 atom stereocenters. The molecule has 1 spiro atoms. The number of carbonyl (C=O) groups excluding carboxylic acids is 2. The van der Waals surface area contributed by atoms with E-state index >= 15 is 0 Å². The second-order valence-corrected chi connectivity index (χ2v) is 12.9. The molecule has 2 N–H and O–H groups in total. The van der Waals surface area contributed by atoms with Gasteiger partial charge in [0.05, 0.1) is 25.0 Å². The van der Waals surface area contributed by atoms with Crippen LogP contribution in [-0.4, -0.2) is 73.1 Å². The van der Waals surface area contributed by atoms with E-state index in [2.05, 4.69) is 21.9 Å². The number of amidine groups is 1. The van der Waals surface area contributed by atoms with E-state index in [0.717, 1.165) is 18.7 Å². The summed E-state index contributed by atoms with van der Waals surface area (Å²) < 4.78 is 46.7. The van der Waals surface area contributed by atoms with E-state index in [1.54, 1.807) is 24.0 Å². The zero-order chi connectivity index (χ0) is 29.0. The van der Waals surface area contributed by atoms with Gasteiger partial charge in [-0.2, -0.15) is 0 Å². The molecule has 3 heterocycles. The van der Waals surface area contributed by atoms with E-state index in [-0.39, 0.29) is 22.6 Å². The van der Waals surface area contributed by atoms with E-state index in [4.69, 9.17) is 21.3 Å². The number of imidazole rings is 1. The van der Waals surface area contributed by atoms with Gasteiger partial charge in [-0.25, -0.2) is 22.6 Å². The third kappa shape index (κ3) is 5.37. The summed E-state index contributed by atoms with van der Waals surface area (Å²) in [6.07, 6.45) is 5.68. The number of hydrogen-bond donors (Lipinski definition) is 2. The van der Waals surface area contributed by atoms with Crippen LogP contribution < -0.4 is 10.0 Å². The van der Waals surface area contributed by atoms with Crippen molar-refractivity contribution in [3.05, 3.63) is 64.1 Å². The number of rotatable bonds is 7. The number of hydrogen-bond acceptors (Lipinski definition) is 9. The first-order valence-electron chi connectivity index (χ1n) is 12.7. The van der Waals surface area contributed by atoms with E-state index < -0.39 is 39.8 Å². The molecule has 5 rings (SSSR count). The van der Waals surface area contributed by atoms with Crippen molar-refractivity contribution in [3.63, 3.8) is 0 Å². The Balaban J connectivity index is 1.60. The lowest BCUT2D eigenvalue weighted by molar-refractivity contribution is -0.136. The monoisotopic (exact) mass is 592 g/mol. The van der Waals surface area contributed by atoms with Gasteiger partial charge in [0, 0.05) is 48.8 Å². The lowest BCUT2D eigenvalue weighted by Crippen LogP contribution is -2.48. The fourth-order valence-corrected chi connectivity index (χ4v) is 6.53. The van der Waals surface area contributed by atoms with E-state index in [1.807, 2.05) is 4.90 Å². The fraction of sp³-hybridized carbons (Fsp3) is 0.462. The number of aryl methyl sites for hydroxylation is 1. The maximum atomic E-state index is 13.9. The SMILES string of the molecule is COC(=O)C1=C(CN2CC3(CC2C(=O)NS(C)(=O)=O)C[C@@H]3C)NC(c2nccn2C)=N[C@H]1c1ccc(F)cc1Cl. The van der Waals surface area contributed by atoms with Crippen molar-refractivity contribution in [2.24, 2.45) is 23.4 Å². The van der Waals surface area contributed by atoms with Gasteiger partial charge in [-0.3, -0.25) is 19.4 Å². The lowest BCUT2D eigenvalue weighted by Gasteiger charge is -2.31. The molecule has 1 saturated heterocycles. The van der Waals surface area contributed by atoms with Crippen LogP contribution in [0.2, 0.25) is 5.02 Å². The van der Waals surface area contributed by atoms with Crippen LogP contribution >= 0.6 is 11.6 Å².